The highest BCUT2D eigenvalue weighted by molar-refractivity contribution is 7.52. The van der Waals surface area contributed by atoms with Crippen LogP contribution in [0.4, 0.5) is 0 Å². The monoisotopic (exact) mass is 214 g/mol. The number of aliphatic hydroxyl groups is 1. The molecule has 0 aliphatic rings. The summed E-state index contributed by atoms with van der Waals surface area (Å²) in [5.41, 5.74) is -1.09. The van der Waals surface area contributed by atoms with Crippen molar-refractivity contribution in [2.75, 3.05) is 6.61 Å². The van der Waals surface area contributed by atoms with Crippen molar-refractivity contribution in [2.45, 2.75) is 25.9 Å². The summed E-state index contributed by atoms with van der Waals surface area (Å²) in [5.74, 6) is -1.20. The third kappa shape index (κ3) is 11.6. The van der Waals surface area contributed by atoms with Gasteiger partial charge >= 0.3 is 13.6 Å². The lowest BCUT2D eigenvalue weighted by molar-refractivity contribution is -0.137. The Balaban J connectivity index is 0. The van der Waals surface area contributed by atoms with Crippen molar-refractivity contribution in [2.24, 2.45) is 0 Å². The molecule has 0 radical (unpaired) electrons. The number of hydrogen-bond donors (Lipinski definition) is 4. The van der Waals surface area contributed by atoms with Gasteiger partial charge in [0.05, 0.1) is 12.1 Å². The van der Waals surface area contributed by atoms with Crippen LogP contribution in [0.3, 0.4) is 0 Å². The quantitative estimate of drug-likeness (QED) is 0.492. The molecule has 6 nitrogen and oxygen atoms in total. The first-order valence-electron chi connectivity index (χ1n) is 3.63. The fraction of sp³-hybridized carbons (Fsp3) is 0.833. The van der Waals surface area contributed by atoms with Crippen molar-refractivity contribution in [1.29, 1.82) is 0 Å². The van der Waals surface area contributed by atoms with E-state index in [1.54, 1.807) is 6.92 Å². The van der Waals surface area contributed by atoms with E-state index in [1.807, 2.05) is 0 Å². The molecule has 0 heterocycles. The Labute approximate surface area is 76.4 Å². The summed E-state index contributed by atoms with van der Waals surface area (Å²) in [4.78, 5) is 26.7. The highest BCUT2D eigenvalue weighted by Crippen LogP contribution is 2.42. The Hall–Kier alpha value is -0.420. The Morgan fingerprint density at radius 1 is 1.46 bits per heavy atom. The second kappa shape index (κ2) is 7.03. The van der Waals surface area contributed by atoms with Crippen molar-refractivity contribution in [1.82, 2.24) is 0 Å². The van der Waals surface area contributed by atoms with Crippen LogP contribution in [-0.2, 0) is 9.36 Å². The molecule has 0 rings (SSSR count). The number of aliphatic carboxylic acids is 1. The van der Waals surface area contributed by atoms with Gasteiger partial charge in [0.1, 0.15) is 0 Å². The minimum atomic E-state index is -4.19. The average molecular weight is 214 g/mol. The molecular formula is C6H15O6P. The number of aliphatic hydroxyl groups excluding tert-OH is 1. The molecule has 0 aromatic heterocycles. The van der Waals surface area contributed by atoms with E-state index in [0.717, 1.165) is 0 Å². The lowest BCUT2D eigenvalue weighted by Gasteiger charge is -2.09. The predicted octanol–water partition coefficient (Wildman–Crippen LogP) is 0.0259. The first-order chi connectivity index (χ1) is 5.75. The summed E-state index contributed by atoms with van der Waals surface area (Å²) in [6.45, 7) is 3.13. The molecule has 0 saturated carbocycles. The zero-order valence-electron chi connectivity index (χ0n) is 7.54. The lowest BCUT2D eigenvalue weighted by atomic mass is 10.3. The number of rotatable bonds is 3. The van der Waals surface area contributed by atoms with E-state index in [2.05, 4.69) is 0 Å². The second-order valence-corrected chi connectivity index (χ2v) is 4.41. The summed E-state index contributed by atoms with van der Waals surface area (Å²) < 4.78 is 10.3. The van der Waals surface area contributed by atoms with E-state index in [1.165, 1.54) is 6.92 Å². The largest absolute Gasteiger partial charge is 0.481 e. The Kier molecular flexibility index (Phi) is 8.15. The van der Waals surface area contributed by atoms with Crippen LogP contribution in [0.25, 0.3) is 0 Å². The zero-order valence-corrected chi connectivity index (χ0v) is 8.44. The third-order valence-corrected chi connectivity index (χ3v) is 2.38. The van der Waals surface area contributed by atoms with Crippen LogP contribution in [0.5, 0.6) is 0 Å². The van der Waals surface area contributed by atoms with Gasteiger partial charge in [-0.15, -0.1) is 0 Å². The van der Waals surface area contributed by atoms with E-state index < -0.39 is 25.6 Å². The van der Waals surface area contributed by atoms with Crippen molar-refractivity contribution in [3.63, 3.8) is 0 Å². The molecule has 4 N–H and O–H groups in total. The second-order valence-electron chi connectivity index (χ2n) is 2.35. The molecule has 0 saturated heterocycles. The smallest absolute Gasteiger partial charge is 0.328 e. The SMILES string of the molecule is CC(CC(=O)O)P(=O)(O)O.CCO. The maximum absolute atomic E-state index is 10.3. The minimum absolute atomic E-state index is 0.250. The molecule has 1 unspecified atom stereocenters. The Morgan fingerprint density at radius 3 is 1.85 bits per heavy atom. The summed E-state index contributed by atoms with van der Waals surface area (Å²) in [6, 6.07) is 0. The summed E-state index contributed by atoms with van der Waals surface area (Å²) in [7, 11) is -4.19. The molecule has 0 aliphatic heterocycles. The minimum Gasteiger partial charge on any atom is -0.481 e. The average Bonchev–Trinajstić information content (AvgIpc) is 1.85. The van der Waals surface area contributed by atoms with Crippen LogP contribution in [0.1, 0.15) is 20.3 Å². The normalized spacial score (nSPS) is 12.7. The van der Waals surface area contributed by atoms with Gasteiger partial charge in [0.15, 0.2) is 0 Å². The van der Waals surface area contributed by atoms with Gasteiger partial charge in [-0.2, -0.15) is 0 Å². The molecule has 0 fully saturated rings. The van der Waals surface area contributed by atoms with Gasteiger partial charge in [-0.25, -0.2) is 0 Å². The van der Waals surface area contributed by atoms with Gasteiger partial charge in [-0.3, -0.25) is 9.36 Å². The van der Waals surface area contributed by atoms with E-state index in [4.69, 9.17) is 20.0 Å². The molecule has 7 heteroatoms. The Bertz CT molecular complexity index is 186. The molecule has 0 aromatic carbocycles. The van der Waals surface area contributed by atoms with Gasteiger partial charge in [0.25, 0.3) is 0 Å². The van der Waals surface area contributed by atoms with Gasteiger partial charge in [-0.1, -0.05) is 6.92 Å². The molecule has 1 atom stereocenters. The Morgan fingerprint density at radius 2 is 1.77 bits per heavy atom. The molecule has 0 aliphatic carbocycles. The van der Waals surface area contributed by atoms with E-state index in [-0.39, 0.29) is 6.61 Å². The zero-order chi connectivity index (χ0) is 11.1. The lowest BCUT2D eigenvalue weighted by Crippen LogP contribution is -2.09. The summed E-state index contributed by atoms with van der Waals surface area (Å²) >= 11 is 0. The first-order valence-corrected chi connectivity index (χ1v) is 5.31. The molecule has 80 valence electrons. The number of carboxylic acids is 1. The van der Waals surface area contributed by atoms with Crippen LogP contribution < -0.4 is 0 Å². The maximum Gasteiger partial charge on any atom is 0.328 e. The van der Waals surface area contributed by atoms with E-state index in [0.29, 0.717) is 0 Å². The molecule has 13 heavy (non-hydrogen) atoms. The van der Waals surface area contributed by atoms with Crippen LogP contribution >= 0.6 is 7.60 Å². The number of carbonyl (C=O) groups is 1. The molecular weight excluding hydrogens is 199 g/mol. The predicted molar refractivity (Wildman–Crippen MR) is 46.5 cm³/mol. The van der Waals surface area contributed by atoms with E-state index in [9.17, 15) is 9.36 Å². The van der Waals surface area contributed by atoms with Crippen LogP contribution in [-0.4, -0.2) is 38.2 Å². The van der Waals surface area contributed by atoms with Gasteiger partial charge in [0, 0.05) is 6.61 Å². The number of hydrogen-bond acceptors (Lipinski definition) is 3. The maximum atomic E-state index is 10.3. The standard InChI is InChI=1S/C4H9O5P.C2H6O/c1-3(2-4(5)6)10(7,8)9;1-2-3/h3H,2H2,1H3,(H,5,6)(H2,7,8,9);3H,2H2,1H3. The molecule has 0 bridgehead atoms. The fourth-order valence-electron chi connectivity index (χ4n) is 0.372. The summed E-state index contributed by atoms with van der Waals surface area (Å²) in [6.07, 6.45) is -0.496. The van der Waals surface area contributed by atoms with Crippen LogP contribution in [0, 0.1) is 0 Å². The topological polar surface area (TPSA) is 115 Å². The highest BCUT2D eigenvalue weighted by Gasteiger charge is 2.25. The fourth-order valence-corrected chi connectivity index (χ4v) is 0.766. The van der Waals surface area contributed by atoms with Gasteiger partial charge in [0.2, 0.25) is 0 Å². The van der Waals surface area contributed by atoms with E-state index >= 15 is 0 Å². The third-order valence-electron chi connectivity index (χ3n) is 1.04. The van der Waals surface area contributed by atoms with Crippen molar-refractivity contribution < 1.29 is 29.4 Å². The highest BCUT2D eigenvalue weighted by atomic mass is 31.2. The molecule has 0 spiro atoms. The van der Waals surface area contributed by atoms with Crippen LogP contribution in [0.2, 0.25) is 0 Å². The molecule has 0 amide bonds. The van der Waals surface area contributed by atoms with Crippen molar-refractivity contribution >= 4 is 13.6 Å². The van der Waals surface area contributed by atoms with Crippen molar-refractivity contribution in [3.8, 4) is 0 Å². The summed E-state index contributed by atoms with van der Waals surface area (Å²) in [5, 5.41) is 15.7. The van der Waals surface area contributed by atoms with Gasteiger partial charge < -0.3 is 20.0 Å². The first kappa shape index (κ1) is 15.1. The van der Waals surface area contributed by atoms with Crippen molar-refractivity contribution in [3.05, 3.63) is 0 Å². The number of carboxylic acid groups (broad SMARTS) is 1. The molecule has 0 aromatic rings. The van der Waals surface area contributed by atoms with Gasteiger partial charge in [-0.05, 0) is 6.92 Å². The van der Waals surface area contributed by atoms with Crippen LogP contribution in [0.15, 0.2) is 0 Å².